The van der Waals surface area contributed by atoms with E-state index in [0.717, 1.165) is 0 Å². The molecule has 0 saturated carbocycles. The quantitative estimate of drug-likeness (QED) is 0.811. The Kier molecular flexibility index (Phi) is 3.86. The van der Waals surface area contributed by atoms with Gasteiger partial charge in [-0.2, -0.15) is 0 Å². The summed E-state index contributed by atoms with van der Waals surface area (Å²) in [7, 11) is 1.79. The molecule has 0 heterocycles. The summed E-state index contributed by atoms with van der Waals surface area (Å²) in [6.45, 7) is 2.25. The first kappa shape index (κ1) is 11.4. The Morgan fingerprint density at radius 1 is 1.57 bits per heavy atom. The van der Waals surface area contributed by atoms with Gasteiger partial charge < -0.3 is 11.1 Å². The third-order valence-corrected chi connectivity index (χ3v) is 2.43. The predicted octanol–water partition coefficient (Wildman–Crippen LogP) is 2.01. The number of nitrogens with two attached hydrogens (primary N) is 1. The molecule has 1 aromatic carbocycles. The zero-order valence-electron chi connectivity index (χ0n) is 8.27. The van der Waals surface area contributed by atoms with Gasteiger partial charge in [-0.25, -0.2) is 4.39 Å². The van der Waals surface area contributed by atoms with Gasteiger partial charge in [0.1, 0.15) is 5.82 Å². The van der Waals surface area contributed by atoms with Crippen LogP contribution in [0.5, 0.6) is 0 Å². The van der Waals surface area contributed by atoms with Crippen molar-refractivity contribution in [3.05, 3.63) is 34.1 Å². The van der Waals surface area contributed by atoms with Crippen LogP contribution >= 0.6 is 11.6 Å². The van der Waals surface area contributed by atoms with E-state index in [-0.39, 0.29) is 11.9 Å². The van der Waals surface area contributed by atoms with E-state index in [4.69, 9.17) is 17.3 Å². The smallest absolute Gasteiger partial charge is 0.126 e. The molecule has 0 fully saturated rings. The van der Waals surface area contributed by atoms with Gasteiger partial charge >= 0.3 is 0 Å². The summed E-state index contributed by atoms with van der Waals surface area (Å²) in [6, 6.07) is 2.73. The predicted molar refractivity (Wildman–Crippen MR) is 57.0 cm³/mol. The molecule has 4 heteroatoms. The topological polar surface area (TPSA) is 38.0 Å². The average molecular weight is 217 g/mol. The second kappa shape index (κ2) is 4.73. The van der Waals surface area contributed by atoms with Crippen LogP contribution in [-0.4, -0.2) is 13.6 Å². The Bertz CT molecular complexity index is 328. The van der Waals surface area contributed by atoms with E-state index in [1.54, 1.807) is 20.0 Å². The van der Waals surface area contributed by atoms with Gasteiger partial charge in [0, 0.05) is 17.6 Å². The van der Waals surface area contributed by atoms with Crippen LogP contribution in [0.25, 0.3) is 0 Å². The molecule has 3 N–H and O–H groups in total. The summed E-state index contributed by atoms with van der Waals surface area (Å²) in [5.74, 6) is -0.268. The molecule has 0 aliphatic rings. The molecule has 0 aliphatic heterocycles. The second-order valence-corrected chi connectivity index (χ2v) is 3.69. The highest BCUT2D eigenvalue weighted by Gasteiger charge is 2.11. The molecular weight excluding hydrogens is 203 g/mol. The van der Waals surface area contributed by atoms with Crippen molar-refractivity contribution in [3.8, 4) is 0 Å². The zero-order chi connectivity index (χ0) is 10.7. The lowest BCUT2D eigenvalue weighted by Crippen LogP contribution is -2.24. The van der Waals surface area contributed by atoms with Crippen LogP contribution in [-0.2, 0) is 0 Å². The molecule has 0 spiro atoms. The summed E-state index contributed by atoms with van der Waals surface area (Å²) < 4.78 is 13.2. The average Bonchev–Trinajstić information content (AvgIpc) is 2.11. The maximum Gasteiger partial charge on any atom is 0.126 e. The van der Waals surface area contributed by atoms with Crippen molar-refractivity contribution in [1.82, 2.24) is 5.32 Å². The van der Waals surface area contributed by atoms with Crippen LogP contribution in [0, 0.1) is 12.7 Å². The number of benzene rings is 1. The van der Waals surface area contributed by atoms with Crippen LogP contribution in [0.2, 0.25) is 5.02 Å². The fourth-order valence-electron chi connectivity index (χ4n) is 1.28. The van der Waals surface area contributed by atoms with E-state index in [2.05, 4.69) is 5.32 Å². The molecule has 1 aromatic rings. The lowest BCUT2D eigenvalue weighted by atomic mass is 10.1. The number of aryl methyl sites for hydroxylation is 1. The van der Waals surface area contributed by atoms with Crippen molar-refractivity contribution in [1.29, 1.82) is 0 Å². The van der Waals surface area contributed by atoms with Crippen LogP contribution < -0.4 is 11.1 Å². The summed E-state index contributed by atoms with van der Waals surface area (Å²) >= 11 is 5.96. The van der Waals surface area contributed by atoms with Crippen molar-refractivity contribution in [2.24, 2.45) is 5.73 Å². The first-order valence-corrected chi connectivity index (χ1v) is 4.79. The molecule has 2 nitrogen and oxygen atoms in total. The summed E-state index contributed by atoms with van der Waals surface area (Å²) in [4.78, 5) is 0. The zero-order valence-corrected chi connectivity index (χ0v) is 9.03. The molecule has 0 aliphatic carbocycles. The summed E-state index contributed by atoms with van der Waals surface area (Å²) in [5.41, 5.74) is 6.99. The number of halogens is 2. The van der Waals surface area contributed by atoms with Gasteiger partial charge in [0.05, 0.1) is 0 Å². The van der Waals surface area contributed by atoms with Crippen LogP contribution in [0.3, 0.4) is 0 Å². The standard InChI is InChI=1S/C10H14ClFN2/c1-6-3-8(11)7(4-9(6)12)10(13)5-14-2/h3-4,10,14H,5,13H2,1-2H3. The number of rotatable bonds is 3. The summed E-state index contributed by atoms with van der Waals surface area (Å²) in [6.07, 6.45) is 0. The van der Waals surface area contributed by atoms with Crippen molar-refractivity contribution in [2.75, 3.05) is 13.6 Å². The van der Waals surface area contributed by atoms with Gasteiger partial charge in [0.15, 0.2) is 0 Å². The van der Waals surface area contributed by atoms with Gasteiger partial charge in [-0.05, 0) is 37.2 Å². The Morgan fingerprint density at radius 2 is 2.21 bits per heavy atom. The molecule has 78 valence electrons. The lowest BCUT2D eigenvalue weighted by molar-refractivity contribution is 0.603. The molecule has 0 bridgehead atoms. The van der Waals surface area contributed by atoms with Crippen LogP contribution in [0.4, 0.5) is 4.39 Å². The van der Waals surface area contributed by atoms with Crippen LogP contribution in [0.1, 0.15) is 17.2 Å². The largest absolute Gasteiger partial charge is 0.323 e. The number of hydrogen-bond donors (Lipinski definition) is 2. The first-order chi connectivity index (χ1) is 6.56. The van der Waals surface area contributed by atoms with Crippen molar-refractivity contribution in [2.45, 2.75) is 13.0 Å². The first-order valence-electron chi connectivity index (χ1n) is 4.42. The number of hydrogen-bond acceptors (Lipinski definition) is 2. The minimum Gasteiger partial charge on any atom is -0.323 e. The molecule has 14 heavy (non-hydrogen) atoms. The maximum absolute atomic E-state index is 13.2. The van der Waals surface area contributed by atoms with Gasteiger partial charge in [-0.1, -0.05) is 11.6 Å². The lowest BCUT2D eigenvalue weighted by Gasteiger charge is -2.14. The van der Waals surface area contributed by atoms with E-state index in [1.165, 1.54) is 6.07 Å². The highest BCUT2D eigenvalue weighted by Crippen LogP contribution is 2.24. The molecule has 0 radical (unpaired) electrons. The minimum absolute atomic E-state index is 0.268. The van der Waals surface area contributed by atoms with E-state index >= 15 is 0 Å². The van der Waals surface area contributed by atoms with E-state index < -0.39 is 0 Å². The third kappa shape index (κ3) is 2.44. The van der Waals surface area contributed by atoms with Crippen molar-refractivity contribution in [3.63, 3.8) is 0 Å². The van der Waals surface area contributed by atoms with Gasteiger partial charge in [0.25, 0.3) is 0 Å². The molecule has 1 atom stereocenters. The third-order valence-electron chi connectivity index (χ3n) is 2.10. The van der Waals surface area contributed by atoms with Gasteiger partial charge in [-0.15, -0.1) is 0 Å². The van der Waals surface area contributed by atoms with E-state index in [1.807, 2.05) is 0 Å². The highest BCUT2D eigenvalue weighted by molar-refractivity contribution is 6.31. The van der Waals surface area contributed by atoms with Crippen molar-refractivity contribution < 1.29 is 4.39 Å². The molecule has 0 saturated heterocycles. The Morgan fingerprint density at radius 3 is 2.79 bits per heavy atom. The molecule has 1 unspecified atom stereocenters. The SMILES string of the molecule is CNCC(N)c1cc(F)c(C)cc1Cl. The molecular formula is C10H14ClFN2. The molecule has 0 amide bonds. The Labute approximate surface area is 88.2 Å². The highest BCUT2D eigenvalue weighted by atomic mass is 35.5. The molecule has 1 rings (SSSR count). The fraction of sp³-hybridized carbons (Fsp3) is 0.400. The van der Waals surface area contributed by atoms with Crippen molar-refractivity contribution >= 4 is 11.6 Å². The van der Waals surface area contributed by atoms with E-state index in [0.29, 0.717) is 22.7 Å². The fourth-order valence-corrected chi connectivity index (χ4v) is 1.63. The number of nitrogens with one attached hydrogen (secondary N) is 1. The Hall–Kier alpha value is -0.640. The molecule has 0 aromatic heterocycles. The van der Waals surface area contributed by atoms with E-state index in [9.17, 15) is 4.39 Å². The normalized spacial score (nSPS) is 12.9. The van der Waals surface area contributed by atoms with Gasteiger partial charge in [0.2, 0.25) is 0 Å². The number of likely N-dealkylation sites (N-methyl/N-ethyl adjacent to an activating group) is 1. The maximum atomic E-state index is 13.2. The minimum atomic E-state index is -0.275. The monoisotopic (exact) mass is 216 g/mol. The summed E-state index contributed by atoms with van der Waals surface area (Å²) in [5, 5.41) is 3.44. The van der Waals surface area contributed by atoms with Crippen LogP contribution in [0.15, 0.2) is 12.1 Å². The second-order valence-electron chi connectivity index (χ2n) is 3.29. The Balaban J connectivity index is 3.02. The van der Waals surface area contributed by atoms with Gasteiger partial charge in [-0.3, -0.25) is 0 Å².